The third-order valence-corrected chi connectivity index (χ3v) is 2.72. The van der Waals surface area contributed by atoms with Gasteiger partial charge in [-0.1, -0.05) is 46.4 Å². The van der Waals surface area contributed by atoms with Gasteiger partial charge < -0.3 is 0 Å². The van der Waals surface area contributed by atoms with E-state index in [2.05, 4.69) is 19.9 Å². The van der Waals surface area contributed by atoms with Gasteiger partial charge in [0.25, 0.3) is 0 Å². The molecule has 0 aliphatic rings. The van der Waals surface area contributed by atoms with Crippen molar-refractivity contribution in [3.05, 3.63) is 44.4 Å². The van der Waals surface area contributed by atoms with Crippen molar-refractivity contribution in [2.45, 2.75) is 0 Å². The van der Waals surface area contributed by atoms with Crippen LogP contribution in [0.2, 0.25) is 20.6 Å². The van der Waals surface area contributed by atoms with E-state index in [1.165, 1.54) is 12.4 Å². The molecule has 0 aromatic carbocycles. The summed E-state index contributed by atoms with van der Waals surface area (Å²) in [6.45, 7) is 0. The van der Waals surface area contributed by atoms with Crippen molar-refractivity contribution in [3.63, 3.8) is 0 Å². The molecule has 18 heavy (non-hydrogen) atoms. The first-order chi connectivity index (χ1) is 8.49. The summed E-state index contributed by atoms with van der Waals surface area (Å²) in [5.41, 5.74) is -0.223. The molecule has 0 atom stereocenters. The Labute approximate surface area is 121 Å². The second kappa shape index (κ2) is 5.32. The molecular formula is C9H2Cl4N4O. The van der Waals surface area contributed by atoms with E-state index in [1.54, 1.807) is 0 Å². The fraction of sp³-hybridized carbons (Fsp3) is 0. The molecule has 0 unspecified atom stereocenters. The Hall–Kier alpha value is -1.01. The Morgan fingerprint density at radius 2 is 1.22 bits per heavy atom. The molecule has 2 aromatic rings. The molecule has 0 aliphatic heterocycles. The number of hydrogen-bond donors (Lipinski definition) is 0. The van der Waals surface area contributed by atoms with Crippen LogP contribution in [0.4, 0.5) is 0 Å². The zero-order valence-electron chi connectivity index (χ0n) is 8.36. The van der Waals surface area contributed by atoms with Crippen LogP contribution < -0.4 is 0 Å². The highest BCUT2D eigenvalue weighted by Gasteiger charge is 2.21. The van der Waals surface area contributed by atoms with Crippen molar-refractivity contribution in [2.75, 3.05) is 0 Å². The predicted octanol–water partition coefficient (Wildman–Crippen LogP) is 3.11. The lowest BCUT2D eigenvalue weighted by Crippen LogP contribution is -2.09. The summed E-state index contributed by atoms with van der Waals surface area (Å²) in [4.78, 5) is 27.0. The summed E-state index contributed by atoms with van der Waals surface area (Å²) >= 11 is 22.7. The molecular weight excluding hydrogens is 322 g/mol. The molecule has 2 heterocycles. The van der Waals surface area contributed by atoms with Crippen LogP contribution in [0.25, 0.3) is 0 Å². The Morgan fingerprint density at radius 3 is 1.56 bits per heavy atom. The number of carbonyl (C=O) groups excluding carboxylic acids is 1. The minimum atomic E-state index is -0.613. The highest BCUT2D eigenvalue weighted by atomic mass is 35.5. The Morgan fingerprint density at radius 1 is 0.833 bits per heavy atom. The van der Waals surface area contributed by atoms with Crippen LogP contribution in [0.1, 0.15) is 16.2 Å². The van der Waals surface area contributed by atoms with E-state index in [9.17, 15) is 4.79 Å². The Kier molecular flexibility index (Phi) is 3.97. The van der Waals surface area contributed by atoms with Crippen LogP contribution in [0.5, 0.6) is 0 Å². The third kappa shape index (κ3) is 2.70. The summed E-state index contributed by atoms with van der Waals surface area (Å²) in [6, 6.07) is 0. The molecule has 9 heteroatoms. The van der Waals surface area contributed by atoms with E-state index in [1.807, 2.05) is 0 Å². The maximum Gasteiger partial charge on any atom is 0.235 e. The molecule has 0 spiro atoms. The lowest BCUT2D eigenvalue weighted by Gasteiger charge is -2.03. The smallest absolute Gasteiger partial charge is 0.235 e. The average molecular weight is 324 g/mol. The van der Waals surface area contributed by atoms with Gasteiger partial charge in [0.1, 0.15) is 10.3 Å². The van der Waals surface area contributed by atoms with Gasteiger partial charge in [-0.2, -0.15) is 0 Å². The molecule has 2 rings (SSSR count). The van der Waals surface area contributed by atoms with Crippen molar-refractivity contribution >= 4 is 52.2 Å². The molecule has 5 nitrogen and oxygen atoms in total. The largest absolute Gasteiger partial charge is 0.285 e. The monoisotopic (exact) mass is 322 g/mol. The normalized spacial score (nSPS) is 10.4. The number of aromatic nitrogens is 4. The fourth-order valence-corrected chi connectivity index (χ4v) is 1.91. The first-order valence-electron chi connectivity index (χ1n) is 4.40. The van der Waals surface area contributed by atoms with Crippen LogP contribution in [0.3, 0.4) is 0 Å². The van der Waals surface area contributed by atoms with Gasteiger partial charge in [-0.25, -0.2) is 19.9 Å². The molecule has 0 N–H and O–H groups in total. The van der Waals surface area contributed by atoms with Gasteiger partial charge in [-0.15, -0.1) is 0 Å². The number of rotatable bonds is 2. The predicted molar refractivity (Wildman–Crippen MR) is 67.5 cm³/mol. The topological polar surface area (TPSA) is 68.6 Å². The highest BCUT2D eigenvalue weighted by molar-refractivity contribution is 6.37. The number of halogens is 4. The van der Waals surface area contributed by atoms with Gasteiger partial charge in [0, 0.05) is 0 Å². The minimum Gasteiger partial charge on any atom is -0.285 e. The van der Waals surface area contributed by atoms with Crippen LogP contribution in [0.15, 0.2) is 12.4 Å². The quantitative estimate of drug-likeness (QED) is 0.794. The van der Waals surface area contributed by atoms with Crippen LogP contribution in [-0.4, -0.2) is 25.7 Å². The van der Waals surface area contributed by atoms with E-state index in [0.717, 1.165) is 0 Å². The summed E-state index contributed by atoms with van der Waals surface area (Å²) in [5.74, 6) is -0.613. The number of hydrogen-bond acceptors (Lipinski definition) is 5. The second-order valence-corrected chi connectivity index (χ2v) is 4.48. The Balaban J connectivity index is 2.48. The highest BCUT2D eigenvalue weighted by Crippen LogP contribution is 2.20. The van der Waals surface area contributed by atoms with Crippen LogP contribution >= 0.6 is 46.4 Å². The summed E-state index contributed by atoms with van der Waals surface area (Å²) in [7, 11) is 0. The van der Waals surface area contributed by atoms with E-state index >= 15 is 0 Å². The Bertz CT molecular complexity index is 580. The lowest BCUT2D eigenvalue weighted by atomic mass is 10.2. The zero-order chi connectivity index (χ0) is 13.3. The van der Waals surface area contributed by atoms with Crippen molar-refractivity contribution in [3.8, 4) is 0 Å². The lowest BCUT2D eigenvalue weighted by molar-refractivity contribution is 0.102. The van der Waals surface area contributed by atoms with Gasteiger partial charge in [0.2, 0.25) is 5.78 Å². The van der Waals surface area contributed by atoms with Gasteiger partial charge in [-0.05, 0) is 0 Å². The molecule has 0 aliphatic carbocycles. The summed E-state index contributed by atoms with van der Waals surface area (Å²) < 4.78 is 0. The van der Waals surface area contributed by atoms with Crippen LogP contribution in [0, 0.1) is 0 Å². The van der Waals surface area contributed by atoms with Crippen molar-refractivity contribution in [1.82, 2.24) is 19.9 Å². The van der Waals surface area contributed by atoms with Crippen molar-refractivity contribution < 1.29 is 4.79 Å². The first-order valence-corrected chi connectivity index (χ1v) is 5.91. The molecule has 0 amide bonds. The van der Waals surface area contributed by atoms with Gasteiger partial charge in [0.05, 0.1) is 12.4 Å². The number of carbonyl (C=O) groups is 1. The maximum atomic E-state index is 12.1. The van der Waals surface area contributed by atoms with E-state index in [-0.39, 0.29) is 32.0 Å². The molecule has 92 valence electrons. The van der Waals surface area contributed by atoms with E-state index < -0.39 is 5.78 Å². The molecule has 0 fully saturated rings. The van der Waals surface area contributed by atoms with E-state index in [4.69, 9.17) is 46.4 Å². The van der Waals surface area contributed by atoms with Crippen LogP contribution in [-0.2, 0) is 0 Å². The van der Waals surface area contributed by atoms with Gasteiger partial charge >= 0.3 is 0 Å². The van der Waals surface area contributed by atoms with E-state index in [0.29, 0.717) is 0 Å². The molecule has 0 saturated carbocycles. The number of nitrogens with zero attached hydrogens (tertiary/aromatic N) is 4. The standard InChI is InChI=1S/C9H2Cl4N4O/c10-3-1-14-5(8(12)16-3)7(18)6-9(13)17-4(11)2-15-6/h1-2H. The zero-order valence-corrected chi connectivity index (χ0v) is 11.4. The second-order valence-electron chi connectivity index (χ2n) is 2.99. The SMILES string of the molecule is O=C(c1ncc(Cl)nc1Cl)c1ncc(Cl)nc1Cl. The molecule has 2 aromatic heterocycles. The van der Waals surface area contributed by atoms with Crippen molar-refractivity contribution in [1.29, 1.82) is 0 Å². The first kappa shape index (κ1) is 13.4. The van der Waals surface area contributed by atoms with Gasteiger partial charge in [0.15, 0.2) is 21.7 Å². The fourth-order valence-electron chi connectivity index (χ4n) is 1.11. The number of ketones is 1. The van der Waals surface area contributed by atoms with Crippen molar-refractivity contribution in [2.24, 2.45) is 0 Å². The van der Waals surface area contributed by atoms with Gasteiger partial charge in [-0.3, -0.25) is 4.79 Å². The summed E-state index contributed by atoms with van der Waals surface area (Å²) in [6.07, 6.45) is 2.38. The third-order valence-electron chi connectivity index (χ3n) is 1.83. The molecule has 0 bridgehead atoms. The molecule has 0 saturated heterocycles. The minimum absolute atomic E-state index is 0.0739. The molecule has 0 radical (unpaired) electrons. The average Bonchev–Trinajstić information content (AvgIpc) is 2.28. The maximum absolute atomic E-state index is 12.1. The summed E-state index contributed by atoms with van der Waals surface area (Å²) in [5, 5.41) is -0.129.